The van der Waals surface area contributed by atoms with Gasteiger partial charge in [0.15, 0.2) is 5.03 Å². The summed E-state index contributed by atoms with van der Waals surface area (Å²) in [5.74, 6) is 0. The molecule has 0 bridgehead atoms. The van der Waals surface area contributed by atoms with Crippen molar-refractivity contribution < 1.29 is 8.42 Å². The highest BCUT2D eigenvalue weighted by molar-refractivity contribution is 7.89. The van der Waals surface area contributed by atoms with Crippen molar-refractivity contribution in [3.05, 3.63) is 11.2 Å². The zero-order valence-electron chi connectivity index (χ0n) is 9.21. The SMILES string of the molecule is Cl.Cn1ncc(Cl)c1S(=O)(=O)N1CC[C@H](N)C1. The van der Waals surface area contributed by atoms with Gasteiger partial charge in [-0.2, -0.15) is 9.40 Å². The number of hydrogen-bond acceptors (Lipinski definition) is 4. The summed E-state index contributed by atoms with van der Waals surface area (Å²) in [5.41, 5.74) is 5.69. The van der Waals surface area contributed by atoms with Crippen molar-refractivity contribution in [1.29, 1.82) is 0 Å². The quantitative estimate of drug-likeness (QED) is 0.847. The highest BCUT2D eigenvalue weighted by Crippen LogP contribution is 2.25. The van der Waals surface area contributed by atoms with Crippen LogP contribution >= 0.6 is 24.0 Å². The summed E-state index contributed by atoms with van der Waals surface area (Å²) in [6.45, 7) is 0.773. The van der Waals surface area contributed by atoms with E-state index in [1.54, 1.807) is 7.05 Å². The zero-order chi connectivity index (χ0) is 11.9. The Bertz CT molecular complexity index is 482. The van der Waals surface area contributed by atoms with Gasteiger partial charge in [-0.05, 0) is 6.42 Å². The lowest BCUT2D eigenvalue weighted by atomic mass is 10.3. The van der Waals surface area contributed by atoms with Crippen LogP contribution in [0.2, 0.25) is 5.02 Å². The van der Waals surface area contributed by atoms with Crippen LogP contribution in [0.1, 0.15) is 6.42 Å². The Labute approximate surface area is 111 Å². The fraction of sp³-hybridized carbons (Fsp3) is 0.625. The first kappa shape index (κ1) is 14.7. The first-order valence-corrected chi connectivity index (χ1v) is 6.68. The monoisotopic (exact) mass is 300 g/mol. The van der Waals surface area contributed by atoms with Gasteiger partial charge in [-0.25, -0.2) is 8.42 Å². The van der Waals surface area contributed by atoms with Crippen LogP contribution in [0.15, 0.2) is 11.2 Å². The van der Waals surface area contributed by atoms with E-state index in [1.807, 2.05) is 0 Å². The summed E-state index contributed by atoms with van der Waals surface area (Å²) in [5, 5.41) is 3.99. The molecule has 2 heterocycles. The van der Waals surface area contributed by atoms with Crippen molar-refractivity contribution in [2.45, 2.75) is 17.5 Å². The van der Waals surface area contributed by atoms with Crippen molar-refractivity contribution in [1.82, 2.24) is 14.1 Å². The van der Waals surface area contributed by atoms with E-state index in [0.717, 1.165) is 0 Å². The second kappa shape index (κ2) is 5.11. The predicted octanol–water partition coefficient (Wildman–Crippen LogP) is 0.217. The molecule has 1 aliphatic heterocycles. The number of nitrogens with two attached hydrogens (primary N) is 1. The predicted molar refractivity (Wildman–Crippen MR) is 66.8 cm³/mol. The molecule has 0 aliphatic carbocycles. The Kier molecular flexibility index (Phi) is 4.43. The molecule has 1 saturated heterocycles. The number of sulfonamides is 1. The molecule has 0 unspecified atom stereocenters. The number of aryl methyl sites for hydroxylation is 1. The van der Waals surface area contributed by atoms with Gasteiger partial charge < -0.3 is 5.73 Å². The third-order valence-corrected chi connectivity index (χ3v) is 4.99. The highest BCUT2D eigenvalue weighted by Gasteiger charge is 2.34. The Morgan fingerprint density at radius 1 is 1.59 bits per heavy atom. The molecule has 17 heavy (non-hydrogen) atoms. The van der Waals surface area contributed by atoms with Gasteiger partial charge in [0, 0.05) is 26.2 Å². The average molecular weight is 301 g/mol. The third kappa shape index (κ3) is 2.58. The molecule has 1 atom stereocenters. The second-order valence-electron chi connectivity index (χ2n) is 3.83. The van der Waals surface area contributed by atoms with Crippen LogP contribution in [0.5, 0.6) is 0 Å². The summed E-state index contributed by atoms with van der Waals surface area (Å²) in [4.78, 5) is 0. The van der Waals surface area contributed by atoms with Crippen molar-refractivity contribution in [2.24, 2.45) is 12.8 Å². The van der Waals surface area contributed by atoms with Crippen molar-refractivity contribution in [3.63, 3.8) is 0 Å². The van der Waals surface area contributed by atoms with Gasteiger partial charge in [0.25, 0.3) is 10.0 Å². The van der Waals surface area contributed by atoms with Crippen LogP contribution in [-0.4, -0.2) is 41.6 Å². The van der Waals surface area contributed by atoms with Gasteiger partial charge in [0.05, 0.1) is 11.2 Å². The zero-order valence-corrected chi connectivity index (χ0v) is 11.6. The molecule has 9 heteroatoms. The minimum atomic E-state index is -3.57. The van der Waals surface area contributed by atoms with Gasteiger partial charge >= 0.3 is 0 Å². The third-order valence-electron chi connectivity index (χ3n) is 2.61. The van der Waals surface area contributed by atoms with Gasteiger partial charge in [0.1, 0.15) is 0 Å². The minimum Gasteiger partial charge on any atom is -0.326 e. The van der Waals surface area contributed by atoms with Crippen molar-refractivity contribution in [2.75, 3.05) is 13.1 Å². The largest absolute Gasteiger partial charge is 0.326 e. The van der Waals surface area contributed by atoms with E-state index >= 15 is 0 Å². The number of rotatable bonds is 2. The molecular formula is C8H14Cl2N4O2S. The molecule has 6 nitrogen and oxygen atoms in total. The van der Waals surface area contributed by atoms with Gasteiger partial charge in [-0.3, -0.25) is 4.68 Å². The molecule has 1 aromatic rings. The molecule has 0 amide bonds. The number of nitrogens with zero attached hydrogens (tertiary/aromatic N) is 3. The van der Waals surface area contributed by atoms with Gasteiger partial charge in [-0.15, -0.1) is 12.4 Å². The van der Waals surface area contributed by atoms with E-state index in [2.05, 4.69) is 5.10 Å². The van der Waals surface area contributed by atoms with E-state index in [4.69, 9.17) is 17.3 Å². The lowest BCUT2D eigenvalue weighted by Gasteiger charge is -2.15. The smallest absolute Gasteiger partial charge is 0.261 e. The number of hydrogen-bond donors (Lipinski definition) is 1. The summed E-state index contributed by atoms with van der Waals surface area (Å²) in [6, 6.07) is -0.0956. The summed E-state index contributed by atoms with van der Waals surface area (Å²) in [6.07, 6.45) is 2.00. The Hall–Kier alpha value is -0.340. The maximum Gasteiger partial charge on any atom is 0.261 e. The lowest BCUT2D eigenvalue weighted by molar-refractivity contribution is 0.463. The standard InChI is InChI=1S/C8H13ClN4O2S.ClH/c1-12-8(7(9)4-11-12)16(14,15)13-3-2-6(10)5-13;/h4,6H,2-3,5,10H2,1H3;1H/t6-;/m0./s1. The normalized spacial score (nSPS) is 21.5. The average Bonchev–Trinajstić information content (AvgIpc) is 2.74. The highest BCUT2D eigenvalue weighted by atomic mass is 35.5. The van der Waals surface area contributed by atoms with Crippen LogP contribution in [-0.2, 0) is 17.1 Å². The first-order valence-electron chi connectivity index (χ1n) is 4.86. The molecule has 0 spiro atoms. The molecule has 1 aromatic heterocycles. The van der Waals surface area contributed by atoms with E-state index in [1.165, 1.54) is 15.2 Å². The Morgan fingerprint density at radius 2 is 2.24 bits per heavy atom. The van der Waals surface area contributed by atoms with Crippen LogP contribution in [0, 0.1) is 0 Å². The molecule has 2 rings (SSSR count). The Balaban J connectivity index is 0.00000144. The van der Waals surface area contributed by atoms with Crippen LogP contribution in [0.3, 0.4) is 0 Å². The molecule has 98 valence electrons. The van der Waals surface area contributed by atoms with E-state index in [-0.39, 0.29) is 28.5 Å². The van der Waals surface area contributed by atoms with Crippen LogP contribution in [0.4, 0.5) is 0 Å². The minimum absolute atomic E-state index is 0. The maximum absolute atomic E-state index is 12.2. The number of aromatic nitrogens is 2. The Morgan fingerprint density at radius 3 is 2.65 bits per heavy atom. The van der Waals surface area contributed by atoms with Crippen LogP contribution < -0.4 is 5.73 Å². The fourth-order valence-electron chi connectivity index (χ4n) is 1.78. The summed E-state index contributed by atoms with van der Waals surface area (Å²) in [7, 11) is -2.02. The lowest BCUT2D eigenvalue weighted by Crippen LogP contribution is -2.33. The molecule has 0 aromatic carbocycles. The van der Waals surface area contributed by atoms with Gasteiger partial charge in [0.2, 0.25) is 0 Å². The molecule has 0 saturated carbocycles. The maximum atomic E-state index is 12.2. The van der Waals surface area contributed by atoms with E-state index < -0.39 is 10.0 Å². The van der Waals surface area contributed by atoms with Gasteiger partial charge in [-0.1, -0.05) is 11.6 Å². The molecular weight excluding hydrogens is 287 g/mol. The number of halogens is 2. The molecule has 0 radical (unpaired) electrons. The molecule has 1 aliphatic rings. The second-order valence-corrected chi connectivity index (χ2v) is 6.09. The van der Waals surface area contributed by atoms with Crippen LogP contribution in [0.25, 0.3) is 0 Å². The summed E-state index contributed by atoms with van der Waals surface area (Å²) < 4.78 is 27.0. The topological polar surface area (TPSA) is 81.2 Å². The van der Waals surface area contributed by atoms with E-state index in [9.17, 15) is 8.42 Å². The van der Waals surface area contributed by atoms with Crippen molar-refractivity contribution >= 4 is 34.0 Å². The first-order chi connectivity index (χ1) is 7.43. The molecule has 2 N–H and O–H groups in total. The van der Waals surface area contributed by atoms with Crippen molar-refractivity contribution in [3.8, 4) is 0 Å². The fourth-order valence-corrected chi connectivity index (χ4v) is 3.90. The van der Waals surface area contributed by atoms with E-state index in [0.29, 0.717) is 19.5 Å². The molecule has 1 fully saturated rings. The summed E-state index contributed by atoms with van der Waals surface area (Å²) >= 11 is 5.82.